The van der Waals surface area contributed by atoms with Crippen molar-refractivity contribution in [1.82, 2.24) is 99.5 Å². The number of carbonyl (C=O) groups is 20. The highest BCUT2D eigenvalue weighted by Gasteiger charge is 2.43. The molecule has 0 saturated carbocycles. The molecule has 1 aromatic heterocycles. The summed E-state index contributed by atoms with van der Waals surface area (Å²) in [6.45, 7) is 0.708. The van der Waals surface area contributed by atoms with Crippen LogP contribution in [0.15, 0.2) is 97.5 Å². The van der Waals surface area contributed by atoms with E-state index in [9.17, 15) is 116 Å². The quantitative estimate of drug-likeness (QED) is 0.0111. The Morgan fingerprint density at radius 1 is 0.485 bits per heavy atom. The molecule has 2 aliphatic rings. The van der Waals surface area contributed by atoms with Gasteiger partial charge in [-0.3, -0.25) is 96.5 Å². The number of nitrogens with two attached hydrogens (primary N) is 5. The van der Waals surface area contributed by atoms with Gasteiger partial charge in [0.2, 0.25) is 106 Å². The molecule has 49 nitrogen and oxygen atoms in total. The van der Waals surface area contributed by atoms with Gasteiger partial charge in [-0.25, -0.2) is 9.78 Å². The van der Waals surface area contributed by atoms with Crippen molar-refractivity contribution in [2.45, 2.75) is 202 Å². The summed E-state index contributed by atoms with van der Waals surface area (Å²) in [5.74, 6) is -21.6. The number of phenolic OH excluding ortho intramolecular Hbond substituents is 1. The predicted molar refractivity (Wildman–Crippen MR) is 465 cm³/mol. The highest BCUT2D eigenvalue weighted by Crippen LogP contribution is 2.23. The minimum atomic E-state index is -2.05. The second kappa shape index (κ2) is 53.2. The fourth-order valence-electron chi connectivity index (χ4n) is 14.0. The van der Waals surface area contributed by atoms with Crippen LogP contribution in [0.1, 0.15) is 114 Å². The molecule has 0 radical (unpaired) electrons. The van der Waals surface area contributed by atoms with Gasteiger partial charge in [0, 0.05) is 70.2 Å². The predicted octanol–water partition coefficient (Wildman–Crippen LogP) is -9.64. The van der Waals surface area contributed by atoms with Gasteiger partial charge >= 0.3 is 11.9 Å². The molecule has 3 aromatic carbocycles. The Kier molecular flexibility index (Phi) is 42.8. The minimum absolute atomic E-state index is 0.0318. The third kappa shape index (κ3) is 36.0. The van der Waals surface area contributed by atoms with E-state index in [4.69, 9.17) is 34.1 Å². The fraction of sp³-hybridized carbons (Fsp3) is 0.494. The third-order valence-electron chi connectivity index (χ3n) is 20.9. The molecule has 3 heterocycles. The van der Waals surface area contributed by atoms with Crippen molar-refractivity contribution >= 4 is 124 Å². The van der Waals surface area contributed by atoms with E-state index in [0.717, 1.165) is 16.7 Å². The molecular formula is C83H117N25O24. The first-order valence-corrected chi connectivity index (χ1v) is 42.4. The Morgan fingerprint density at radius 2 is 0.962 bits per heavy atom. The van der Waals surface area contributed by atoms with Crippen molar-refractivity contribution < 1.29 is 116 Å². The van der Waals surface area contributed by atoms with E-state index < -0.39 is 254 Å². The van der Waals surface area contributed by atoms with Gasteiger partial charge in [-0.05, 0) is 93.0 Å². The van der Waals surface area contributed by atoms with E-state index in [0.29, 0.717) is 23.1 Å². The molecule has 2 aliphatic heterocycles. The van der Waals surface area contributed by atoms with Crippen molar-refractivity contribution in [1.29, 1.82) is 5.41 Å². The second-order valence-electron chi connectivity index (χ2n) is 31.9. The van der Waals surface area contributed by atoms with E-state index in [1.54, 1.807) is 74.5 Å². The normalized spacial score (nSPS) is 16.0. The van der Waals surface area contributed by atoms with Crippen molar-refractivity contribution in [3.05, 3.63) is 120 Å². The first kappa shape index (κ1) is 106. The molecule has 31 N–H and O–H groups in total. The van der Waals surface area contributed by atoms with Crippen LogP contribution in [0.4, 0.5) is 0 Å². The van der Waals surface area contributed by atoms with Crippen molar-refractivity contribution in [3.8, 4) is 5.75 Å². The summed E-state index contributed by atoms with van der Waals surface area (Å²) in [7, 11) is 0. The molecule has 0 aliphatic carbocycles. The van der Waals surface area contributed by atoms with Gasteiger partial charge in [-0.2, -0.15) is 0 Å². The number of aromatic nitrogens is 2. The zero-order valence-electron chi connectivity index (χ0n) is 72.8. The van der Waals surface area contributed by atoms with Crippen LogP contribution in [0.5, 0.6) is 5.75 Å². The number of aromatic amines is 1. The number of aliphatic carboxylic acids is 2. The summed E-state index contributed by atoms with van der Waals surface area (Å²) in [6.07, 6.45) is -2.00. The van der Waals surface area contributed by atoms with E-state index >= 15 is 0 Å². The number of rotatable bonds is 54. The number of phenols is 1. The molecule has 6 rings (SSSR count). The summed E-state index contributed by atoms with van der Waals surface area (Å²) in [5.41, 5.74) is 29.5. The molecule has 0 bridgehead atoms. The number of primary amides is 2. The molecule has 0 unspecified atom stereocenters. The lowest BCUT2D eigenvalue weighted by molar-refractivity contribution is -0.148. The minimum Gasteiger partial charge on any atom is -0.508 e. The highest BCUT2D eigenvalue weighted by molar-refractivity contribution is 6.02. The van der Waals surface area contributed by atoms with Crippen LogP contribution < -0.4 is 108 Å². The molecule has 2 saturated heterocycles. The average molecular weight is 1850 g/mol. The standard InChI is InChI=1S/C83H117N25O24/c1-43(2)29-52(74(123)104-58(32-47-20-22-49(110)23-21-47)81(130)108-28-11-18-60(108)79(128)105-59(36-84)78(127)102-56(34-63(87)112)72(121)95-41-67(116)107-27-12-19-61(107)82(131)132)97-65(114)39-92-64(113)38-93-71(120)53(30-45-13-6-4-7-14-45)100-76(125)55(33-48-37-90-42-96-48)98-66(115)40-94-80(129)69(44(3)109)106-77(126)57(35-68(117)118)103-75(124)54(31-46-15-8-5-9-16-46)101-73(122)51(17-10-26-91-83(88)89)99-70(119)50(85)24-25-62(86)111/h4-9,13-16,20-23,37,42-44,50-61,69,109-110H,10-12,17-19,24-36,38-41,84-85H2,1-3H3,(H2,86,111)(H2,87,112)(H,90,96)(H,92,113)(H,93,120)(H,94,129)(H,95,121)(H,97,114)(H,98,115)(H,99,119)(H,100,125)(H,101,122)(H,102,127)(H,103,124)(H,104,123)(H,105,128)(H,106,126)(H,117,118)(H,131,132)(H4,88,89,91)/t44-,50+,51+,52+,53+,54+,55+,56+,57+,58+,59+,60+,61+,69+/m1/s1. The van der Waals surface area contributed by atoms with Crippen LogP contribution in [0.25, 0.3) is 0 Å². The summed E-state index contributed by atoms with van der Waals surface area (Å²) in [6, 6.07) is 1.64. The smallest absolute Gasteiger partial charge is 0.326 e. The van der Waals surface area contributed by atoms with Gasteiger partial charge in [0.1, 0.15) is 78.3 Å². The Hall–Kier alpha value is -14.8. The van der Waals surface area contributed by atoms with Gasteiger partial charge in [-0.1, -0.05) is 86.6 Å². The number of benzene rings is 3. The third-order valence-corrected chi connectivity index (χ3v) is 20.9. The first-order chi connectivity index (χ1) is 62.6. The van der Waals surface area contributed by atoms with Crippen molar-refractivity contribution in [2.24, 2.45) is 34.6 Å². The van der Waals surface area contributed by atoms with Crippen molar-refractivity contribution in [2.75, 3.05) is 52.4 Å². The Bertz CT molecular complexity index is 4720. The maximum Gasteiger partial charge on any atom is 0.326 e. The van der Waals surface area contributed by atoms with Crippen LogP contribution in [-0.4, -0.2) is 301 Å². The fourth-order valence-corrected chi connectivity index (χ4v) is 14.0. The number of hydrogen-bond donors (Lipinski definition) is 26. The van der Waals surface area contributed by atoms with Gasteiger partial charge in [0.15, 0.2) is 5.96 Å². The highest BCUT2D eigenvalue weighted by atomic mass is 16.4. The number of nitrogens with zero attached hydrogens (tertiary/aromatic N) is 3. The number of likely N-dealkylation sites (tertiary alicyclic amines) is 2. The molecular weight excluding hydrogens is 1730 g/mol. The lowest BCUT2D eigenvalue weighted by atomic mass is 10.0. The Morgan fingerprint density at radius 3 is 1.52 bits per heavy atom. The second-order valence-corrected chi connectivity index (χ2v) is 31.9. The van der Waals surface area contributed by atoms with Gasteiger partial charge in [0.25, 0.3) is 0 Å². The van der Waals surface area contributed by atoms with Crippen molar-refractivity contribution in [3.63, 3.8) is 0 Å². The van der Waals surface area contributed by atoms with Crippen LogP contribution in [0, 0.1) is 11.3 Å². The number of aliphatic hydroxyl groups excluding tert-OH is 1. The number of aliphatic hydroxyl groups is 1. The molecule has 49 heteroatoms. The number of hydrogen-bond acceptors (Lipinski definition) is 26. The van der Waals surface area contributed by atoms with Crippen LogP contribution >= 0.6 is 0 Å². The Balaban J connectivity index is 1.08. The van der Waals surface area contributed by atoms with E-state index in [2.05, 4.69) is 89.7 Å². The molecule has 14 atom stereocenters. The zero-order chi connectivity index (χ0) is 97.4. The number of carboxylic acid groups (broad SMARTS) is 2. The van der Waals surface area contributed by atoms with Gasteiger partial charge in [0.05, 0.1) is 57.5 Å². The first-order valence-electron chi connectivity index (χ1n) is 42.4. The summed E-state index contributed by atoms with van der Waals surface area (Å²) >= 11 is 0. The topological polar surface area (TPSA) is 792 Å². The number of guanidine groups is 1. The summed E-state index contributed by atoms with van der Waals surface area (Å²) in [5, 5.41) is 84.3. The van der Waals surface area contributed by atoms with Crippen LogP contribution in [0.3, 0.4) is 0 Å². The number of nitrogens with one attached hydrogen (secondary N) is 17. The molecule has 718 valence electrons. The molecule has 132 heavy (non-hydrogen) atoms. The molecule has 18 amide bonds. The number of carboxylic acids is 2. The van der Waals surface area contributed by atoms with Gasteiger partial charge in [-0.15, -0.1) is 0 Å². The summed E-state index contributed by atoms with van der Waals surface area (Å²) in [4.78, 5) is 279. The monoisotopic (exact) mass is 1850 g/mol. The molecule has 4 aromatic rings. The van der Waals surface area contributed by atoms with Crippen LogP contribution in [-0.2, 0) is 122 Å². The Labute approximate surface area is 756 Å². The number of H-pyrrole nitrogens is 1. The molecule has 0 spiro atoms. The number of aromatic hydroxyl groups is 1. The SMILES string of the molecule is CC(C)C[C@H](NC(=O)CNC(=O)CNC(=O)[C@H](Cc1ccccc1)NC(=O)[C@H](Cc1cnc[nH]1)NC(=O)CNC(=O)[C@@H](NC(=O)[C@H](CC(=O)O)NC(=O)[C@H](Cc1ccccc1)NC(=O)[C@H](CCCNC(=N)N)NC(=O)[C@@H](N)CCC(N)=O)[C@@H](C)O)C(=O)N[C@@H](Cc1ccc(O)cc1)C(=O)N1CCC[C@H]1C(=O)N[C@@H](CN)C(=O)N[C@@H](CC(N)=O)C(=O)NCC(=O)N1CCC[C@H]1C(=O)O. The van der Waals surface area contributed by atoms with E-state index in [1.165, 1.54) is 36.8 Å². The average Bonchev–Trinajstić information content (AvgIpc) is 1.63. The zero-order valence-corrected chi connectivity index (χ0v) is 72.8. The number of amides is 18. The van der Waals surface area contributed by atoms with E-state index in [-0.39, 0.29) is 114 Å². The largest absolute Gasteiger partial charge is 0.508 e. The maximum atomic E-state index is 14.8. The van der Waals surface area contributed by atoms with Crippen LogP contribution in [0.2, 0.25) is 0 Å². The number of carbonyl (C=O) groups excluding carboxylic acids is 18. The van der Waals surface area contributed by atoms with E-state index in [1.807, 2.05) is 0 Å². The summed E-state index contributed by atoms with van der Waals surface area (Å²) < 4.78 is 0. The maximum absolute atomic E-state index is 14.8. The van der Waals surface area contributed by atoms with Gasteiger partial charge < -0.3 is 144 Å². The molecule has 2 fully saturated rings. The lowest BCUT2D eigenvalue weighted by Gasteiger charge is -2.31. The number of imidazole rings is 1. The lowest BCUT2D eigenvalue weighted by Crippen LogP contribution is -2.61.